The van der Waals surface area contributed by atoms with E-state index in [1.165, 1.54) is 0 Å². The first kappa shape index (κ1) is 21.2. The molecule has 8 nitrogen and oxygen atoms in total. The van der Waals surface area contributed by atoms with Gasteiger partial charge in [-0.2, -0.15) is 0 Å². The van der Waals surface area contributed by atoms with Gasteiger partial charge in [-0.05, 0) is 61.0 Å². The third-order valence-corrected chi connectivity index (χ3v) is 4.93. The largest absolute Gasteiger partial charge is 0.494 e. The van der Waals surface area contributed by atoms with Gasteiger partial charge in [0.15, 0.2) is 0 Å². The minimum atomic E-state index is -0.235. The highest BCUT2D eigenvalue weighted by atomic mass is 16.5. The molecule has 164 valence electrons. The molecule has 32 heavy (non-hydrogen) atoms. The molecule has 0 spiro atoms. The molecule has 2 heterocycles. The number of rotatable bonds is 7. The number of hydrogen-bond donors (Lipinski definition) is 2. The highest BCUT2D eigenvalue weighted by molar-refractivity contribution is 6.03. The molecule has 2 aromatic carbocycles. The lowest BCUT2D eigenvalue weighted by atomic mass is 10.1. The van der Waals surface area contributed by atoms with Crippen LogP contribution in [-0.2, 0) is 11.3 Å². The first-order chi connectivity index (χ1) is 15.5. The fourth-order valence-corrected chi connectivity index (χ4v) is 3.39. The van der Waals surface area contributed by atoms with E-state index in [2.05, 4.69) is 15.6 Å². The fourth-order valence-electron chi connectivity index (χ4n) is 3.39. The lowest BCUT2D eigenvalue weighted by molar-refractivity contribution is -0.115. The van der Waals surface area contributed by atoms with E-state index in [4.69, 9.17) is 9.47 Å². The van der Waals surface area contributed by atoms with Crippen molar-refractivity contribution in [1.29, 1.82) is 0 Å². The molecule has 1 aromatic heterocycles. The number of ether oxygens (including phenoxy) is 2. The van der Waals surface area contributed by atoms with Crippen LogP contribution in [0.3, 0.4) is 0 Å². The molecular weight excluding hydrogens is 408 g/mol. The zero-order chi connectivity index (χ0) is 22.5. The molecule has 2 N–H and O–H groups in total. The molecule has 0 saturated heterocycles. The van der Waals surface area contributed by atoms with Gasteiger partial charge in [0.05, 0.1) is 24.5 Å². The van der Waals surface area contributed by atoms with Crippen molar-refractivity contribution in [2.45, 2.75) is 13.5 Å². The van der Waals surface area contributed by atoms with Gasteiger partial charge >= 0.3 is 0 Å². The number of hydrogen-bond acceptors (Lipinski definition) is 6. The van der Waals surface area contributed by atoms with Crippen LogP contribution < -0.4 is 25.0 Å². The third kappa shape index (κ3) is 4.97. The van der Waals surface area contributed by atoms with E-state index in [9.17, 15) is 9.59 Å². The Morgan fingerprint density at radius 1 is 1.12 bits per heavy atom. The van der Waals surface area contributed by atoms with Crippen LogP contribution in [0.2, 0.25) is 0 Å². The summed E-state index contributed by atoms with van der Waals surface area (Å²) in [5.74, 6) is 1.51. The predicted molar refractivity (Wildman–Crippen MR) is 121 cm³/mol. The van der Waals surface area contributed by atoms with E-state index < -0.39 is 0 Å². The molecular formula is C24H24N4O4. The predicted octanol–water partition coefficient (Wildman–Crippen LogP) is 3.59. The Balaban J connectivity index is 1.38. The molecule has 0 saturated carbocycles. The van der Waals surface area contributed by atoms with Crippen molar-refractivity contribution in [3.8, 4) is 17.4 Å². The number of benzene rings is 2. The van der Waals surface area contributed by atoms with Crippen LogP contribution in [0, 0.1) is 0 Å². The molecule has 0 radical (unpaired) electrons. The minimum Gasteiger partial charge on any atom is -0.494 e. The van der Waals surface area contributed by atoms with E-state index in [0.717, 1.165) is 17.0 Å². The molecule has 0 aliphatic carbocycles. The van der Waals surface area contributed by atoms with E-state index in [0.29, 0.717) is 42.6 Å². The summed E-state index contributed by atoms with van der Waals surface area (Å²) in [5.41, 5.74) is 2.83. The monoisotopic (exact) mass is 432 g/mol. The zero-order valence-corrected chi connectivity index (χ0v) is 17.9. The van der Waals surface area contributed by atoms with Crippen molar-refractivity contribution in [3.63, 3.8) is 0 Å². The number of fused-ring (bicyclic) bond motifs is 1. The minimum absolute atomic E-state index is 0.102. The summed E-state index contributed by atoms with van der Waals surface area (Å²) in [6.45, 7) is 3.14. The fraction of sp³-hybridized carbons (Fsp3) is 0.208. The number of nitrogens with zero attached hydrogens (tertiary/aromatic N) is 2. The summed E-state index contributed by atoms with van der Waals surface area (Å²) < 4.78 is 11.2. The van der Waals surface area contributed by atoms with Gasteiger partial charge in [0.2, 0.25) is 11.8 Å². The maximum Gasteiger partial charge on any atom is 0.251 e. The molecule has 2 amide bonds. The Bertz CT molecular complexity index is 1130. The molecule has 0 atom stereocenters. The van der Waals surface area contributed by atoms with Crippen molar-refractivity contribution in [1.82, 2.24) is 10.3 Å². The Morgan fingerprint density at radius 3 is 2.69 bits per heavy atom. The second kappa shape index (κ2) is 9.38. The Labute approximate surface area is 186 Å². The zero-order valence-electron chi connectivity index (χ0n) is 17.9. The lowest BCUT2D eigenvalue weighted by Crippen LogP contribution is -2.35. The number of carbonyl (C=O) groups is 2. The van der Waals surface area contributed by atoms with Crippen molar-refractivity contribution in [3.05, 3.63) is 71.9 Å². The number of aromatic nitrogens is 1. The smallest absolute Gasteiger partial charge is 0.251 e. The molecule has 0 unspecified atom stereocenters. The van der Waals surface area contributed by atoms with Crippen LogP contribution in [-0.4, -0.2) is 37.0 Å². The highest BCUT2D eigenvalue weighted by Crippen LogP contribution is 2.29. The average molecular weight is 432 g/mol. The summed E-state index contributed by atoms with van der Waals surface area (Å²) >= 11 is 0. The van der Waals surface area contributed by atoms with Crippen LogP contribution in [0.25, 0.3) is 0 Å². The maximum atomic E-state index is 12.6. The molecule has 1 aliphatic heterocycles. The molecule has 8 heteroatoms. The van der Waals surface area contributed by atoms with Gasteiger partial charge in [0.1, 0.15) is 11.5 Å². The Kier molecular flexibility index (Phi) is 6.21. The molecule has 0 bridgehead atoms. The second-order valence-electron chi connectivity index (χ2n) is 7.33. The van der Waals surface area contributed by atoms with Crippen LogP contribution in [0.4, 0.5) is 11.4 Å². The summed E-state index contributed by atoms with van der Waals surface area (Å²) in [6, 6.07) is 16.1. The van der Waals surface area contributed by atoms with Crippen molar-refractivity contribution in [2.24, 2.45) is 0 Å². The molecule has 0 fully saturated rings. The van der Waals surface area contributed by atoms with Crippen LogP contribution in [0.5, 0.6) is 17.4 Å². The standard InChI is InChI=1S/C24H24N4O4/c1-3-31-18-5-7-19(8-6-18)32-23-12-16(10-11-25-23)14-26-24(30)17-4-9-21-20(13-17)27-22(29)15-28(21)2/h4-13H,3,14-15H2,1-2H3,(H,26,30)(H,27,29). The summed E-state index contributed by atoms with van der Waals surface area (Å²) in [7, 11) is 1.84. The van der Waals surface area contributed by atoms with Gasteiger partial charge in [-0.3, -0.25) is 9.59 Å². The van der Waals surface area contributed by atoms with Gasteiger partial charge in [-0.15, -0.1) is 0 Å². The average Bonchev–Trinajstić information content (AvgIpc) is 2.79. The number of nitrogens with one attached hydrogen (secondary N) is 2. The Hall–Kier alpha value is -4.07. The maximum absolute atomic E-state index is 12.6. The number of pyridine rings is 1. The molecule has 1 aliphatic rings. The van der Waals surface area contributed by atoms with Crippen molar-refractivity contribution < 1.29 is 19.1 Å². The lowest BCUT2D eigenvalue weighted by Gasteiger charge is -2.27. The Morgan fingerprint density at radius 2 is 1.91 bits per heavy atom. The van der Waals surface area contributed by atoms with Crippen LogP contribution in [0.1, 0.15) is 22.8 Å². The van der Waals surface area contributed by atoms with Gasteiger partial charge in [-0.25, -0.2) is 4.98 Å². The topological polar surface area (TPSA) is 92.8 Å². The SMILES string of the molecule is CCOc1ccc(Oc2cc(CNC(=O)c3ccc4c(c3)NC(=O)CN4C)ccn2)cc1. The van der Waals surface area contributed by atoms with Crippen molar-refractivity contribution in [2.75, 3.05) is 30.4 Å². The second-order valence-corrected chi connectivity index (χ2v) is 7.33. The van der Waals surface area contributed by atoms with Gasteiger partial charge in [0, 0.05) is 31.4 Å². The quantitative estimate of drug-likeness (QED) is 0.593. The van der Waals surface area contributed by atoms with E-state index in [1.54, 1.807) is 24.4 Å². The van der Waals surface area contributed by atoms with Crippen LogP contribution >= 0.6 is 0 Å². The van der Waals surface area contributed by atoms with Gasteiger partial charge < -0.3 is 25.0 Å². The highest BCUT2D eigenvalue weighted by Gasteiger charge is 2.20. The van der Waals surface area contributed by atoms with Gasteiger partial charge in [-0.1, -0.05) is 0 Å². The van der Waals surface area contributed by atoms with E-state index in [-0.39, 0.29) is 11.8 Å². The van der Waals surface area contributed by atoms with E-state index >= 15 is 0 Å². The number of anilines is 2. The molecule has 3 aromatic rings. The van der Waals surface area contributed by atoms with E-state index in [1.807, 2.05) is 55.3 Å². The summed E-state index contributed by atoms with van der Waals surface area (Å²) in [4.78, 5) is 30.5. The first-order valence-corrected chi connectivity index (χ1v) is 10.3. The number of amides is 2. The summed E-state index contributed by atoms with van der Waals surface area (Å²) in [5, 5.41) is 5.70. The number of likely N-dealkylation sites (N-methyl/N-ethyl adjacent to an activating group) is 1. The van der Waals surface area contributed by atoms with Crippen molar-refractivity contribution >= 4 is 23.2 Å². The van der Waals surface area contributed by atoms with Gasteiger partial charge in [0.25, 0.3) is 5.91 Å². The first-order valence-electron chi connectivity index (χ1n) is 10.3. The molecule has 4 rings (SSSR count). The summed E-state index contributed by atoms with van der Waals surface area (Å²) in [6.07, 6.45) is 1.63. The normalized spacial score (nSPS) is 12.6. The third-order valence-electron chi connectivity index (χ3n) is 4.93. The number of carbonyl (C=O) groups excluding carboxylic acids is 2. The van der Waals surface area contributed by atoms with Crippen LogP contribution in [0.15, 0.2) is 60.8 Å².